The zero-order valence-electron chi connectivity index (χ0n) is 11.6. The molecular formula is C16H16O2S2. The molecule has 0 radical (unpaired) electrons. The zero-order valence-corrected chi connectivity index (χ0v) is 13.2. The van der Waals surface area contributed by atoms with Crippen LogP contribution in [0.15, 0.2) is 24.3 Å². The molecule has 0 aliphatic carbocycles. The summed E-state index contributed by atoms with van der Waals surface area (Å²) in [5.74, 6) is 2.93. The maximum atomic E-state index is 12.7. The van der Waals surface area contributed by atoms with Crippen LogP contribution >= 0.6 is 23.1 Å². The van der Waals surface area contributed by atoms with Gasteiger partial charge in [-0.2, -0.15) is 11.8 Å². The van der Waals surface area contributed by atoms with Crippen molar-refractivity contribution in [2.75, 3.05) is 12.9 Å². The standard InChI is InChI=1S/C16H16O2S2/c1-10-3-4-13(18-2)12(7-10)16(17)15-8-11-9-19-6-5-14(11)20-15/h3-4,7-8H,5-6,9H2,1-2H3. The quantitative estimate of drug-likeness (QED) is 0.799. The van der Waals surface area contributed by atoms with Crippen molar-refractivity contribution < 1.29 is 9.53 Å². The first kappa shape index (κ1) is 13.7. The molecule has 0 saturated carbocycles. The van der Waals surface area contributed by atoms with E-state index in [9.17, 15) is 4.79 Å². The third-order valence-corrected chi connectivity index (χ3v) is 5.69. The number of benzene rings is 1. The number of methoxy groups -OCH3 is 1. The molecule has 0 fully saturated rings. The minimum Gasteiger partial charge on any atom is -0.496 e. The lowest BCUT2D eigenvalue weighted by Gasteiger charge is -2.08. The molecule has 4 heteroatoms. The van der Waals surface area contributed by atoms with E-state index in [4.69, 9.17) is 4.74 Å². The largest absolute Gasteiger partial charge is 0.496 e. The number of ketones is 1. The van der Waals surface area contributed by atoms with Crippen LogP contribution in [0.2, 0.25) is 0 Å². The van der Waals surface area contributed by atoms with Crippen LogP contribution in [-0.2, 0) is 12.2 Å². The van der Waals surface area contributed by atoms with E-state index in [2.05, 4.69) is 6.07 Å². The van der Waals surface area contributed by atoms with Gasteiger partial charge in [0.1, 0.15) is 5.75 Å². The molecule has 1 aliphatic rings. The lowest BCUT2D eigenvalue weighted by atomic mass is 10.0. The van der Waals surface area contributed by atoms with Crippen LogP contribution in [0.5, 0.6) is 5.75 Å². The molecule has 0 N–H and O–H groups in total. The molecule has 2 aromatic rings. The van der Waals surface area contributed by atoms with Crippen molar-refractivity contribution in [2.24, 2.45) is 0 Å². The fraction of sp³-hybridized carbons (Fsp3) is 0.312. The monoisotopic (exact) mass is 304 g/mol. The first-order valence-electron chi connectivity index (χ1n) is 6.57. The van der Waals surface area contributed by atoms with Gasteiger partial charge in [-0.3, -0.25) is 4.79 Å². The lowest BCUT2D eigenvalue weighted by molar-refractivity contribution is 0.103. The normalized spacial score (nSPS) is 13.9. The number of fused-ring (bicyclic) bond motifs is 1. The van der Waals surface area contributed by atoms with Crippen molar-refractivity contribution in [2.45, 2.75) is 19.1 Å². The smallest absolute Gasteiger partial charge is 0.206 e. The Labute approximate surface area is 127 Å². The highest BCUT2D eigenvalue weighted by Crippen LogP contribution is 2.34. The molecular weight excluding hydrogens is 288 g/mol. The molecule has 0 spiro atoms. The van der Waals surface area contributed by atoms with E-state index in [1.54, 1.807) is 18.4 Å². The van der Waals surface area contributed by atoms with Gasteiger partial charge in [-0.1, -0.05) is 11.6 Å². The molecule has 2 heterocycles. The van der Waals surface area contributed by atoms with Crippen molar-refractivity contribution in [3.05, 3.63) is 50.7 Å². The second kappa shape index (κ2) is 5.62. The minimum atomic E-state index is 0.0787. The van der Waals surface area contributed by atoms with E-state index in [-0.39, 0.29) is 5.78 Å². The van der Waals surface area contributed by atoms with Crippen molar-refractivity contribution in [1.82, 2.24) is 0 Å². The van der Waals surface area contributed by atoms with Crippen molar-refractivity contribution in [3.63, 3.8) is 0 Å². The molecule has 0 amide bonds. The molecule has 3 rings (SSSR count). The summed E-state index contributed by atoms with van der Waals surface area (Å²) in [4.78, 5) is 14.9. The van der Waals surface area contributed by atoms with E-state index in [0.29, 0.717) is 11.3 Å². The molecule has 0 bridgehead atoms. The summed E-state index contributed by atoms with van der Waals surface area (Å²) < 4.78 is 5.32. The summed E-state index contributed by atoms with van der Waals surface area (Å²) in [5.41, 5.74) is 3.07. The van der Waals surface area contributed by atoms with Crippen molar-refractivity contribution >= 4 is 28.9 Å². The van der Waals surface area contributed by atoms with Gasteiger partial charge in [0.25, 0.3) is 0 Å². The Kier molecular flexibility index (Phi) is 3.85. The Bertz CT molecular complexity index is 635. The van der Waals surface area contributed by atoms with Gasteiger partial charge in [-0.05, 0) is 42.9 Å². The molecule has 1 aliphatic heterocycles. The number of carbonyl (C=O) groups excluding carboxylic acids is 1. The first-order chi connectivity index (χ1) is 9.69. The number of thioether (sulfide) groups is 1. The average molecular weight is 304 g/mol. The number of aryl methyl sites for hydroxylation is 2. The highest BCUT2D eigenvalue weighted by atomic mass is 32.2. The molecule has 0 saturated heterocycles. The molecule has 0 atom stereocenters. The van der Waals surface area contributed by atoms with Gasteiger partial charge in [-0.15, -0.1) is 11.3 Å². The topological polar surface area (TPSA) is 26.3 Å². The number of ether oxygens (including phenoxy) is 1. The summed E-state index contributed by atoms with van der Waals surface area (Å²) in [6.45, 7) is 1.99. The summed E-state index contributed by atoms with van der Waals surface area (Å²) >= 11 is 3.58. The van der Waals surface area contributed by atoms with Gasteiger partial charge in [0.05, 0.1) is 17.6 Å². The SMILES string of the molecule is COc1ccc(C)cc1C(=O)c1cc2c(s1)CCSC2. The molecule has 1 aromatic carbocycles. The molecule has 1 aromatic heterocycles. The maximum Gasteiger partial charge on any atom is 0.206 e. The van der Waals surface area contributed by atoms with Crippen LogP contribution in [-0.4, -0.2) is 18.6 Å². The van der Waals surface area contributed by atoms with E-state index in [1.807, 2.05) is 36.9 Å². The third-order valence-electron chi connectivity index (χ3n) is 3.45. The van der Waals surface area contributed by atoms with Crippen LogP contribution in [0.4, 0.5) is 0 Å². The number of carbonyl (C=O) groups is 1. The van der Waals surface area contributed by atoms with Crippen LogP contribution in [0.25, 0.3) is 0 Å². The van der Waals surface area contributed by atoms with Crippen LogP contribution in [0.3, 0.4) is 0 Å². The fourth-order valence-electron chi connectivity index (χ4n) is 2.39. The Morgan fingerprint density at radius 1 is 1.30 bits per heavy atom. The summed E-state index contributed by atoms with van der Waals surface area (Å²) in [5, 5.41) is 0. The summed E-state index contributed by atoms with van der Waals surface area (Å²) in [6.07, 6.45) is 1.09. The predicted molar refractivity (Wildman–Crippen MR) is 85.3 cm³/mol. The number of rotatable bonds is 3. The zero-order chi connectivity index (χ0) is 14.1. The second-order valence-corrected chi connectivity index (χ2v) is 7.14. The molecule has 2 nitrogen and oxygen atoms in total. The predicted octanol–water partition coefficient (Wildman–Crippen LogP) is 4.09. The van der Waals surface area contributed by atoms with Gasteiger partial charge in [0.15, 0.2) is 0 Å². The molecule has 20 heavy (non-hydrogen) atoms. The molecule has 104 valence electrons. The van der Waals surface area contributed by atoms with Crippen molar-refractivity contribution in [3.8, 4) is 5.75 Å². The highest BCUT2D eigenvalue weighted by molar-refractivity contribution is 7.98. The summed E-state index contributed by atoms with van der Waals surface area (Å²) in [6, 6.07) is 7.81. The summed E-state index contributed by atoms with van der Waals surface area (Å²) in [7, 11) is 1.61. The average Bonchev–Trinajstić information content (AvgIpc) is 2.90. The Hall–Kier alpha value is -1.26. The number of hydrogen-bond acceptors (Lipinski definition) is 4. The van der Waals surface area contributed by atoms with E-state index in [1.165, 1.54) is 10.4 Å². The van der Waals surface area contributed by atoms with E-state index >= 15 is 0 Å². The van der Waals surface area contributed by atoms with Gasteiger partial charge in [-0.25, -0.2) is 0 Å². The Balaban J connectivity index is 2.00. The highest BCUT2D eigenvalue weighted by Gasteiger charge is 2.20. The van der Waals surface area contributed by atoms with Crippen LogP contribution < -0.4 is 4.74 Å². The Morgan fingerprint density at radius 2 is 2.15 bits per heavy atom. The number of hydrogen-bond donors (Lipinski definition) is 0. The first-order valence-corrected chi connectivity index (χ1v) is 8.55. The third kappa shape index (κ3) is 2.50. The maximum absolute atomic E-state index is 12.7. The minimum absolute atomic E-state index is 0.0787. The van der Waals surface area contributed by atoms with Gasteiger partial charge >= 0.3 is 0 Å². The lowest BCUT2D eigenvalue weighted by Crippen LogP contribution is -2.02. The molecule has 0 unspecified atom stereocenters. The number of thiophene rings is 1. The fourth-order valence-corrected chi connectivity index (χ4v) is 4.72. The van der Waals surface area contributed by atoms with Gasteiger partial charge in [0.2, 0.25) is 5.78 Å². The van der Waals surface area contributed by atoms with E-state index < -0.39 is 0 Å². The van der Waals surface area contributed by atoms with Crippen molar-refractivity contribution in [1.29, 1.82) is 0 Å². The van der Waals surface area contributed by atoms with Gasteiger partial charge in [0, 0.05) is 10.6 Å². The van der Waals surface area contributed by atoms with Gasteiger partial charge < -0.3 is 4.74 Å². The van der Waals surface area contributed by atoms with E-state index in [0.717, 1.165) is 28.4 Å². The Morgan fingerprint density at radius 3 is 2.90 bits per heavy atom. The van der Waals surface area contributed by atoms with Crippen LogP contribution in [0.1, 0.15) is 31.2 Å². The second-order valence-electron chi connectivity index (χ2n) is 4.89. The van der Waals surface area contributed by atoms with Crippen LogP contribution in [0, 0.1) is 6.92 Å².